The number of carbonyl (C=O) groups is 1. The lowest BCUT2D eigenvalue weighted by atomic mass is 9.92. The summed E-state index contributed by atoms with van der Waals surface area (Å²) in [7, 11) is 0. The maximum Gasteiger partial charge on any atom is 0.230 e. The molecule has 0 N–H and O–H groups in total. The molecule has 0 aliphatic heterocycles. The van der Waals surface area contributed by atoms with Crippen LogP contribution in [0.2, 0.25) is 0 Å². The van der Waals surface area contributed by atoms with Crippen molar-refractivity contribution in [2.24, 2.45) is 5.92 Å². The molecule has 0 bridgehead atoms. The number of carbonyl (C=O) groups excluding carboxylic acids is 1. The molecular formula is C20H24N2O. The van der Waals surface area contributed by atoms with E-state index in [4.69, 9.17) is 0 Å². The molecule has 3 rings (SSSR count). The van der Waals surface area contributed by atoms with Crippen LogP contribution in [-0.2, 0) is 11.2 Å². The largest absolute Gasteiger partial charge is 0.342 e. The molecule has 0 spiro atoms. The first-order valence-electron chi connectivity index (χ1n) is 8.52. The summed E-state index contributed by atoms with van der Waals surface area (Å²) in [5.74, 6) is 0.851. The molecule has 1 aliphatic rings. The third-order valence-electron chi connectivity index (χ3n) is 4.63. The van der Waals surface area contributed by atoms with Crippen molar-refractivity contribution < 1.29 is 4.79 Å². The van der Waals surface area contributed by atoms with Crippen LogP contribution in [0.4, 0.5) is 0 Å². The molecule has 3 heteroatoms. The third-order valence-corrected chi connectivity index (χ3v) is 4.63. The van der Waals surface area contributed by atoms with Gasteiger partial charge in [0.1, 0.15) is 0 Å². The summed E-state index contributed by atoms with van der Waals surface area (Å²) < 4.78 is 0. The van der Waals surface area contributed by atoms with E-state index in [-0.39, 0.29) is 11.8 Å². The first-order valence-corrected chi connectivity index (χ1v) is 8.52. The van der Waals surface area contributed by atoms with Crippen molar-refractivity contribution >= 4 is 5.91 Å². The fourth-order valence-electron chi connectivity index (χ4n) is 3.14. The molecule has 1 aromatic carbocycles. The SMILES string of the molecule is CCN(CCc1ccncc1)C(=O)C(c1ccccc1)C1CC1. The van der Waals surface area contributed by atoms with Crippen LogP contribution in [0, 0.1) is 5.92 Å². The van der Waals surface area contributed by atoms with E-state index in [9.17, 15) is 4.79 Å². The third kappa shape index (κ3) is 3.98. The summed E-state index contributed by atoms with van der Waals surface area (Å²) >= 11 is 0. The van der Waals surface area contributed by atoms with Gasteiger partial charge in [0.05, 0.1) is 5.92 Å². The summed E-state index contributed by atoms with van der Waals surface area (Å²) in [5, 5.41) is 0. The van der Waals surface area contributed by atoms with E-state index < -0.39 is 0 Å². The summed E-state index contributed by atoms with van der Waals surface area (Å²) in [6.45, 7) is 3.61. The monoisotopic (exact) mass is 308 g/mol. The van der Waals surface area contributed by atoms with Gasteiger partial charge in [0.25, 0.3) is 0 Å². The Morgan fingerprint density at radius 2 is 1.87 bits per heavy atom. The van der Waals surface area contributed by atoms with Gasteiger partial charge in [-0.1, -0.05) is 30.3 Å². The van der Waals surface area contributed by atoms with Crippen molar-refractivity contribution in [2.75, 3.05) is 13.1 Å². The van der Waals surface area contributed by atoms with Crippen molar-refractivity contribution in [3.05, 3.63) is 66.0 Å². The van der Waals surface area contributed by atoms with Crippen LogP contribution < -0.4 is 0 Å². The summed E-state index contributed by atoms with van der Waals surface area (Å²) in [6, 6.07) is 14.3. The highest BCUT2D eigenvalue weighted by Crippen LogP contribution is 2.43. The maximum atomic E-state index is 13.1. The van der Waals surface area contributed by atoms with Gasteiger partial charge in [-0.05, 0) is 55.4 Å². The molecule has 0 radical (unpaired) electrons. The fourth-order valence-corrected chi connectivity index (χ4v) is 3.14. The van der Waals surface area contributed by atoms with Gasteiger partial charge in [-0.25, -0.2) is 0 Å². The van der Waals surface area contributed by atoms with Gasteiger partial charge in [0.2, 0.25) is 5.91 Å². The van der Waals surface area contributed by atoms with E-state index in [1.54, 1.807) is 0 Å². The van der Waals surface area contributed by atoms with Crippen molar-refractivity contribution in [1.82, 2.24) is 9.88 Å². The first-order chi connectivity index (χ1) is 11.3. The lowest BCUT2D eigenvalue weighted by Gasteiger charge is -2.27. The van der Waals surface area contributed by atoms with Crippen LogP contribution >= 0.6 is 0 Å². The van der Waals surface area contributed by atoms with E-state index >= 15 is 0 Å². The lowest BCUT2D eigenvalue weighted by molar-refractivity contribution is -0.133. The van der Waals surface area contributed by atoms with Crippen LogP contribution in [0.1, 0.15) is 36.8 Å². The topological polar surface area (TPSA) is 33.2 Å². The highest BCUT2D eigenvalue weighted by atomic mass is 16.2. The van der Waals surface area contributed by atoms with Gasteiger partial charge >= 0.3 is 0 Å². The Kier molecular flexibility index (Phi) is 5.06. The predicted octanol–water partition coefficient (Wildman–Crippen LogP) is 3.67. The highest BCUT2D eigenvalue weighted by Gasteiger charge is 2.38. The predicted molar refractivity (Wildman–Crippen MR) is 92.1 cm³/mol. The van der Waals surface area contributed by atoms with Crippen LogP contribution in [-0.4, -0.2) is 28.9 Å². The minimum absolute atomic E-state index is 0.0357. The van der Waals surface area contributed by atoms with Gasteiger partial charge in [-0.2, -0.15) is 0 Å². The first kappa shape index (κ1) is 15.7. The average Bonchev–Trinajstić information content (AvgIpc) is 3.42. The molecule has 120 valence electrons. The number of aromatic nitrogens is 1. The van der Waals surface area contributed by atoms with Crippen LogP contribution in [0.3, 0.4) is 0 Å². The zero-order valence-electron chi connectivity index (χ0n) is 13.7. The minimum atomic E-state index is 0.0357. The number of amides is 1. The van der Waals surface area contributed by atoms with E-state index in [1.807, 2.05) is 47.6 Å². The van der Waals surface area contributed by atoms with Gasteiger partial charge in [-0.15, -0.1) is 0 Å². The van der Waals surface area contributed by atoms with Gasteiger partial charge in [0.15, 0.2) is 0 Å². The quantitative estimate of drug-likeness (QED) is 0.782. The zero-order chi connectivity index (χ0) is 16.1. The van der Waals surface area contributed by atoms with E-state index in [2.05, 4.69) is 24.0 Å². The van der Waals surface area contributed by atoms with Crippen molar-refractivity contribution in [3.63, 3.8) is 0 Å². The fraction of sp³-hybridized carbons (Fsp3) is 0.400. The molecule has 1 aromatic heterocycles. The minimum Gasteiger partial charge on any atom is -0.342 e. The van der Waals surface area contributed by atoms with E-state index in [1.165, 1.54) is 24.0 Å². The Hall–Kier alpha value is -2.16. The van der Waals surface area contributed by atoms with Crippen molar-refractivity contribution in [3.8, 4) is 0 Å². The van der Waals surface area contributed by atoms with Crippen LogP contribution in [0.25, 0.3) is 0 Å². The molecule has 1 atom stereocenters. The van der Waals surface area contributed by atoms with E-state index in [0.717, 1.165) is 19.5 Å². The number of hydrogen-bond acceptors (Lipinski definition) is 2. The van der Waals surface area contributed by atoms with Gasteiger partial charge in [0, 0.05) is 25.5 Å². The molecule has 1 amide bonds. The number of pyridine rings is 1. The number of hydrogen-bond donors (Lipinski definition) is 0. The number of nitrogens with zero attached hydrogens (tertiary/aromatic N) is 2. The van der Waals surface area contributed by atoms with Gasteiger partial charge in [-0.3, -0.25) is 9.78 Å². The Morgan fingerprint density at radius 3 is 2.48 bits per heavy atom. The van der Waals surface area contributed by atoms with Crippen molar-refractivity contribution in [2.45, 2.75) is 32.1 Å². The smallest absolute Gasteiger partial charge is 0.230 e. The molecular weight excluding hydrogens is 284 g/mol. The Labute approximate surface area is 138 Å². The van der Waals surface area contributed by atoms with Crippen LogP contribution in [0.5, 0.6) is 0 Å². The second kappa shape index (κ2) is 7.40. The molecule has 1 heterocycles. The highest BCUT2D eigenvalue weighted by molar-refractivity contribution is 5.84. The molecule has 0 saturated heterocycles. The molecule has 1 unspecified atom stereocenters. The zero-order valence-corrected chi connectivity index (χ0v) is 13.7. The van der Waals surface area contributed by atoms with Crippen molar-refractivity contribution in [1.29, 1.82) is 0 Å². The van der Waals surface area contributed by atoms with Crippen LogP contribution in [0.15, 0.2) is 54.9 Å². The average molecular weight is 308 g/mol. The second-order valence-corrected chi connectivity index (χ2v) is 6.25. The molecule has 1 saturated carbocycles. The molecule has 2 aromatic rings. The molecule has 1 fully saturated rings. The Balaban J connectivity index is 1.70. The summed E-state index contributed by atoms with van der Waals surface area (Å²) in [4.78, 5) is 19.1. The number of rotatable bonds is 7. The normalized spacial score (nSPS) is 15.2. The lowest BCUT2D eigenvalue weighted by Crippen LogP contribution is -2.37. The molecule has 23 heavy (non-hydrogen) atoms. The standard InChI is InChI=1S/C20H24N2O/c1-2-22(15-12-16-10-13-21-14-11-16)20(23)19(18-8-9-18)17-6-4-3-5-7-17/h3-7,10-11,13-14,18-19H,2,8-9,12,15H2,1H3. The number of benzene rings is 1. The molecule has 3 nitrogen and oxygen atoms in total. The Morgan fingerprint density at radius 1 is 1.17 bits per heavy atom. The van der Waals surface area contributed by atoms with E-state index in [0.29, 0.717) is 5.92 Å². The molecule has 1 aliphatic carbocycles. The summed E-state index contributed by atoms with van der Waals surface area (Å²) in [5.41, 5.74) is 2.40. The second-order valence-electron chi connectivity index (χ2n) is 6.25. The Bertz CT molecular complexity index is 623. The number of likely N-dealkylation sites (N-methyl/N-ethyl adjacent to an activating group) is 1. The maximum absolute atomic E-state index is 13.1. The van der Waals surface area contributed by atoms with Gasteiger partial charge < -0.3 is 4.90 Å². The summed E-state index contributed by atoms with van der Waals surface area (Å²) in [6.07, 6.45) is 6.85.